The van der Waals surface area contributed by atoms with E-state index in [1.54, 1.807) is 19.2 Å². The minimum absolute atomic E-state index is 0.125. The molecule has 4 nitrogen and oxygen atoms in total. The fraction of sp³-hybridized carbons (Fsp3) is 0.300. The van der Waals surface area contributed by atoms with Gasteiger partial charge in [0.1, 0.15) is 5.65 Å². The van der Waals surface area contributed by atoms with E-state index in [1.807, 2.05) is 23.1 Å². The number of likely N-dealkylation sites (tertiary alicyclic amines) is 1. The molecule has 0 bridgehead atoms. The fourth-order valence-electron chi connectivity index (χ4n) is 3.79. The number of nitrogens with one attached hydrogen (secondary N) is 1. The van der Waals surface area contributed by atoms with Crippen molar-refractivity contribution in [2.45, 2.75) is 25.7 Å². The molecule has 4 rings (SSSR count). The molecule has 1 N–H and O–H groups in total. The van der Waals surface area contributed by atoms with Crippen molar-refractivity contribution in [2.75, 3.05) is 13.1 Å². The van der Waals surface area contributed by atoms with Crippen molar-refractivity contribution in [2.24, 2.45) is 0 Å². The van der Waals surface area contributed by atoms with Crippen molar-refractivity contribution in [1.29, 1.82) is 0 Å². The van der Waals surface area contributed by atoms with Crippen molar-refractivity contribution in [3.63, 3.8) is 0 Å². The Morgan fingerprint density at radius 3 is 2.77 bits per heavy atom. The van der Waals surface area contributed by atoms with E-state index in [-0.39, 0.29) is 11.7 Å². The number of aromatic amines is 1. The summed E-state index contributed by atoms with van der Waals surface area (Å²) in [6.07, 6.45) is 4.79. The molecule has 1 aromatic carbocycles. The highest BCUT2D eigenvalue weighted by Crippen LogP contribution is 2.37. The Bertz CT molecular complexity index is 976. The van der Waals surface area contributed by atoms with Gasteiger partial charge in [-0.3, -0.25) is 4.79 Å². The van der Waals surface area contributed by atoms with Gasteiger partial charge in [0.2, 0.25) is 5.91 Å². The van der Waals surface area contributed by atoms with E-state index in [0.717, 1.165) is 42.6 Å². The summed E-state index contributed by atoms with van der Waals surface area (Å²) in [6.45, 7) is 3.13. The molecule has 0 aliphatic carbocycles. The van der Waals surface area contributed by atoms with Gasteiger partial charge in [0, 0.05) is 37.4 Å². The monoisotopic (exact) mass is 371 g/mol. The average molecular weight is 372 g/mol. The SMILES string of the molecule is CC(=O)N1CCC(c2ccc(-c3ccnc4[nH]cc(F)c34)cc2Cl)CC1. The van der Waals surface area contributed by atoms with E-state index in [0.29, 0.717) is 22.0 Å². The van der Waals surface area contributed by atoms with Crippen LogP contribution in [0.25, 0.3) is 22.2 Å². The van der Waals surface area contributed by atoms with E-state index in [4.69, 9.17) is 11.6 Å². The molecule has 3 aromatic rings. The van der Waals surface area contributed by atoms with Crippen LogP contribution < -0.4 is 0 Å². The number of amides is 1. The Morgan fingerprint density at radius 1 is 1.31 bits per heavy atom. The van der Waals surface area contributed by atoms with Crippen molar-refractivity contribution in [3.8, 4) is 11.1 Å². The van der Waals surface area contributed by atoms with Gasteiger partial charge in [0.25, 0.3) is 0 Å². The Morgan fingerprint density at radius 2 is 2.08 bits per heavy atom. The highest BCUT2D eigenvalue weighted by molar-refractivity contribution is 6.31. The van der Waals surface area contributed by atoms with Gasteiger partial charge < -0.3 is 9.88 Å². The van der Waals surface area contributed by atoms with Gasteiger partial charge >= 0.3 is 0 Å². The highest BCUT2D eigenvalue weighted by atomic mass is 35.5. The van der Waals surface area contributed by atoms with E-state index in [9.17, 15) is 9.18 Å². The summed E-state index contributed by atoms with van der Waals surface area (Å²) in [5.41, 5.74) is 3.26. The van der Waals surface area contributed by atoms with Gasteiger partial charge in [-0.15, -0.1) is 0 Å². The van der Waals surface area contributed by atoms with Crippen LogP contribution in [0.4, 0.5) is 4.39 Å². The molecule has 3 heterocycles. The van der Waals surface area contributed by atoms with Crippen LogP contribution in [0.1, 0.15) is 31.2 Å². The van der Waals surface area contributed by atoms with Gasteiger partial charge in [-0.25, -0.2) is 9.37 Å². The maximum Gasteiger partial charge on any atom is 0.219 e. The molecular weight excluding hydrogens is 353 g/mol. The molecule has 1 fully saturated rings. The number of benzene rings is 1. The molecule has 0 unspecified atom stereocenters. The molecule has 0 radical (unpaired) electrons. The first-order valence-corrected chi connectivity index (χ1v) is 9.09. The Hall–Kier alpha value is -2.40. The lowest BCUT2D eigenvalue weighted by molar-refractivity contribution is -0.129. The molecular formula is C20H19ClFN3O. The molecule has 2 aromatic heterocycles. The fourth-order valence-corrected chi connectivity index (χ4v) is 4.12. The predicted octanol–water partition coefficient (Wildman–Crippen LogP) is 4.75. The lowest BCUT2D eigenvalue weighted by Gasteiger charge is -2.32. The summed E-state index contributed by atoms with van der Waals surface area (Å²) in [5, 5.41) is 1.16. The van der Waals surface area contributed by atoms with Gasteiger partial charge in [-0.05, 0) is 47.6 Å². The Kier molecular flexibility index (Phi) is 4.41. The molecule has 1 saturated heterocycles. The summed E-state index contributed by atoms with van der Waals surface area (Å²) < 4.78 is 14.1. The van der Waals surface area contributed by atoms with Crippen LogP contribution in [0.2, 0.25) is 5.02 Å². The number of carbonyl (C=O) groups is 1. The molecule has 1 aliphatic heterocycles. The number of hydrogen-bond acceptors (Lipinski definition) is 2. The zero-order valence-corrected chi connectivity index (χ0v) is 15.2. The molecule has 0 atom stereocenters. The maximum atomic E-state index is 14.1. The van der Waals surface area contributed by atoms with Crippen LogP contribution in [0.15, 0.2) is 36.7 Å². The molecule has 26 heavy (non-hydrogen) atoms. The predicted molar refractivity (Wildman–Crippen MR) is 101 cm³/mol. The molecule has 1 amide bonds. The van der Waals surface area contributed by atoms with Crippen molar-refractivity contribution < 1.29 is 9.18 Å². The van der Waals surface area contributed by atoms with E-state index >= 15 is 0 Å². The van der Waals surface area contributed by atoms with E-state index in [2.05, 4.69) is 9.97 Å². The number of H-pyrrole nitrogens is 1. The molecule has 0 saturated carbocycles. The van der Waals surface area contributed by atoms with Gasteiger partial charge in [0.05, 0.1) is 5.39 Å². The quantitative estimate of drug-likeness (QED) is 0.706. The lowest BCUT2D eigenvalue weighted by atomic mass is 9.88. The number of rotatable bonds is 2. The minimum Gasteiger partial charge on any atom is -0.343 e. The second-order valence-corrected chi connectivity index (χ2v) is 7.14. The third kappa shape index (κ3) is 2.97. The summed E-state index contributed by atoms with van der Waals surface area (Å²) in [6, 6.07) is 7.72. The van der Waals surface area contributed by atoms with Gasteiger partial charge in [0.15, 0.2) is 5.82 Å². The zero-order valence-electron chi connectivity index (χ0n) is 14.4. The van der Waals surface area contributed by atoms with Crippen molar-refractivity contribution in [1.82, 2.24) is 14.9 Å². The number of aromatic nitrogens is 2. The standard InChI is InChI=1S/C20H19ClFN3O/c1-12(26)25-8-5-13(6-9-25)15-3-2-14(10-17(15)21)16-4-7-23-20-19(16)18(22)11-24-20/h2-4,7,10-11,13H,5-6,8-9H2,1H3,(H,23,24). The maximum absolute atomic E-state index is 14.1. The second-order valence-electron chi connectivity index (χ2n) is 6.74. The van der Waals surface area contributed by atoms with Crippen LogP contribution in [-0.4, -0.2) is 33.9 Å². The van der Waals surface area contributed by atoms with Gasteiger partial charge in [-0.2, -0.15) is 0 Å². The smallest absolute Gasteiger partial charge is 0.219 e. The summed E-state index contributed by atoms with van der Waals surface area (Å²) in [5.74, 6) is 0.147. The van der Waals surface area contributed by atoms with E-state index in [1.165, 1.54) is 6.20 Å². The number of halogens is 2. The van der Waals surface area contributed by atoms with Crippen molar-refractivity contribution in [3.05, 3.63) is 53.1 Å². The number of piperidine rings is 1. The first-order chi connectivity index (χ1) is 12.5. The summed E-state index contributed by atoms with van der Waals surface area (Å²) in [4.78, 5) is 20.4. The number of hydrogen-bond donors (Lipinski definition) is 1. The molecule has 1 aliphatic rings. The second kappa shape index (κ2) is 6.72. The van der Waals surface area contributed by atoms with Crippen LogP contribution in [0.5, 0.6) is 0 Å². The van der Waals surface area contributed by atoms with Crippen LogP contribution >= 0.6 is 11.6 Å². The topological polar surface area (TPSA) is 49.0 Å². The van der Waals surface area contributed by atoms with Gasteiger partial charge in [-0.1, -0.05) is 23.7 Å². The largest absolute Gasteiger partial charge is 0.343 e. The molecule has 0 spiro atoms. The molecule has 134 valence electrons. The highest BCUT2D eigenvalue weighted by Gasteiger charge is 2.24. The zero-order chi connectivity index (χ0) is 18.3. The van der Waals surface area contributed by atoms with Crippen LogP contribution in [0, 0.1) is 5.82 Å². The average Bonchev–Trinajstić information content (AvgIpc) is 3.03. The molecule has 6 heteroatoms. The van der Waals surface area contributed by atoms with E-state index < -0.39 is 0 Å². The Labute approximate surface area is 156 Å². The third-order valence-electron chi connectivity index (χ3n) is 5.22. The minimum atomic E-state index is -0.320. The number of pyridine rings is 1. The third-order valence-corrected chi connectivity index (χ3v) is 5.54. The van der Waals surface area contributed by atoms with Crippen LogP contribution in [-0.2, 0) is 4.79 Å². The summed E-state index contributed by atoms with van der Waals surface area (Å²) in [7, 11) is 0. The number of fused-ring (bicyclic) bond motifs is 1. The van der Waals surface area contributed by atoms with Crippen LogP contribution in [0.3, 0.4) is 0 Å². The summed E-state index contributed by atoms with van der Waals surface area (Å²) >= 11 is 6.58. The first-order valence-electron chi connectivity index (χ1n) is 8.71. The van der Waals surface area contributed by atoms with Crippen molar-refractivity contribution >= 4 is 28.5 Å². The number of carbonyl (C=O) groups excluding carboxylic acids is 1. The normalized spacial score (nSPS) is 15.6. The number of nitrogens with zero attached hydrogens (tertiary/aromatic N) is 2. The first kappa shape index (κ1) is 17.0. The Balaban J connectivity index is 1.64. The lowest BCUT2D eigenvalue weighted by Crippen LogP contribution is -2.36.